The second-order valence-corrected chi connectivity index (χ2v) is 5.23. The first-order valence-corrected chi connectivity index (χ1v) is 7.36. The molecule has 0 heterocycles. The van der Waals surface area contributed by atoms with Gasteiger partial charge in [0.2, 0.25) is 0 Å². The van der Waals surface area contributed by atoms with Crippen molar-refractivity contribution >= 4 is 0 Å². The molecule has 4 heteroatoms. The Morgan fingerprint density at radius 2 is 2.00 bits per heavy atom. The molecule has 1 unspecified atom stereocenters. The van der Waals surface area contributed by atoms with E-state index < -0.39 is 0 Å². The lowest BCUT2D eigenvalue weighted by molar-refractivity contribution is 0.307. The molecule has 1 atom stereocenters. The Bertz CT molecular complexity index is 616. The van der Waals surface area contributed by atoms with Crippen LogP contribution < -0.4 is 14.8 Å². The maximum Gasteiger partial charge on any atom is 0.165 e. The van der Waals surface area contributed by atoms with E-state index in [0.29, 0.717) is 13.2 Å². The molecule has 0 radical (unpaired) electrons. The van der Waals surface area contributed by atoms with Crippen molar-refractivity contribution in [1.82, 2.24) is 5.32 Å². The summed E-state index contributed by atoms with van der Waals surface area (Å²) in [5, 5.41) is 3.32. The largest absolute Gasteiger partial charge is 0.494 e. The molecule has 2 rings (SSSR count). The van der Waals surface area contributed by atoms with Gasteiger partial charge in [-0.05, 0) is 49.2 Å². The number of rotatable bonds is 7. The van der Waals surface area contributed by atoms with Crippen LogP contribution in [0.1, 0.15) is 24.1 Å². The first-order valence-electron chi connectivity index (χ1n) is 7.36. The van der Waals surface area contributed by atoms with Gasteiger partial charge in [-0.25, -0.2) is 4.39 Å². The highest BCUT2D eigenvalue weighted by atomic mass is 19.1. The molecule has 0 aliphatic rings. The molecule has 22 heavy (non-hydrogen) atoms. The topological polar surface area (TPSA) is 30.5 Å². The standard InChI is InChI=1S/C18H22FNO2/c1-13-5-4-6-16(11-13)22-10-9-20-14(2)15-7-8-18(21-3)17(19)12-15/h4-8,11-12,14,20H,9-10H2,1-3H3. The third kappa shape index (κ3) is 4.46. The summed E-state index contributed by atoms with van der Waals surface area (Å²) in [6, 6.07) is 13.0. The van der Waals surface area contributed by atoms with Crippen molar-refractivity contribution in [2.45, 2.75) is 19.9 Å². The average Bonchev–Trinajstić information content (AvgIpc) is 2.51. The summed E-state index contributed by atoms with van der Waals surface area (Å²) in [6.07, 6.45) is 0. The van der Waals surface area contributed by atoms with Crippen molar-refractivity contribution in [2.24, 2.45) is 0 Å². The molecule has 0 fully saturated rings. The van der Waals surface area contributed by atoms with Gasteiger partial charge in [0.05, 0.1) is 7.11 Å². The second-order valence-electron chi connectivity index (χ2n) is 5.23. The minimum absolute atomic E-state index is 0.0431. The zero-order chi connectivity index (χ0) is 15.9. The maximum absolute atomic E-state index is 13.7. The molecule has 0 bridgehead atoms. The van der Waals surface area contributed by atoms with Crippen LogP contribution in [0.3, 0.4) is 0 Å². The molecule has 0 amide bonds. The summed E-state index contributed by atoms with van der Waals surface area (Å²) in [6.45, 7) is 5.27. The molecular weight excluding hydrogens is 281 g/mol. The second kappa shape index (κ2) is 7.80. The van der Waals surface area contributed by atoms with Gasteiger partial charge in [-0.2, -0.15) is 0 Å². The molecule has 2 aromatic rings. The summed E-state index contributed by atoms with van der Waals surface area (Å²) in [7, 11) is 1.46. The molecule has 2 aromatic carbocycles. The molecular formula is C18H22FNO2. The van der Waals surface area contributed by atoms with Crippen molar-refractivity contribution in [3.05, 3.63) is 59.4 Å². The minimum Gasteiger partial charge on any atom is -0.494 e. The van der Waals surface area contributed by atoms with E-state index in [1.165, 1.54) is 18.7 Å². The first-order chi connectivity index (χ1) is 10.6. The normalized spacial score (nSPS) is 12.0. The van der Waals surface area contributed by atoms with Crippen molar-refractivity contribution in [3.8, 4) is 11.5 Å². The van der Waals surface area contributed by atoms with Crippen LogP contribution in [0.25, 0.3) is 0 Å². The fourth-order valence-electron chi connectivity index (χ4n) is 2.22. The van der Waals surface area contributed by atoms with E-state index in [1.54, 1.807) is 6.07 Å². The molecule has 0 aliphatic carbocycles. The first kappa shape index (κ1) is 16.3. The fourth-order valence-corrected chi connectivity index (χ4v) is 2.22. The van der Waals surface area contributed by atoms with Gasteiger partial charge in [0.25, 0.3) is 0 Å². The Morgan fingerprint density at radius 3 is 2.68 bits per heavy atom. The lowest BCUT2D eigenvalue weighted by atomic mass is 10.1. The number of ether oxygens (including phenoxy) is 2. The van der Waals surface area contributed by atoms with Crippen molar-refractivity contribution in [2.75, 3.05) is 20.3 Å². The Kier molecular flexibility index (Phi) is 5.78. The van der Waals surface area contributed by atoms with Gasteiger partial charge in [0.1, 0.15) is 12.4 Å². The van der Waals surface area contributed by atoms with Gasteiger partial charge in [0.15, 0.2) is 11.6 Å². The number of nitrogens with one attached hydrogen (secondary N) is 1. The van der Waals surface area contributed by atoms with Crippen molar-refractivity contribution < 1.29 is 13.9 Å². The molecule has 0 aromatic heterocycles. The van der Waals surface area contributed by atoms with Gasteiger partial charge in [-0.1, -0.05) is 18.2 Å². The van der Waals surface area contributed by atoms with Crippen LogP contribution in [0.4, 0.5) is 4.39 Å². The van der Waals surface area contributed by atoms with E-state index in [1.807, 2.05) is 44.2 Å². The van der Waals surface area contributed by atoms with Crippen LogP contribution in [-0.4, -0.2) is 20.3 Å². The van der Waals surface area contributed by atoms with E-state index in [2.05, 4.69) is 5.32 Å². The average molecular weight is 303 g/mol. The highest BCUT2D eigenvalue weighted by molar-refractivity contribution is 5.31. The molecule has 0 saturated carbocycles. The van der Waals surface area contributed by atoms with E-state index in [0.717, 1.165) is 11.3 Å². The van der Waals surface area contributed by atoms with Gasteiger partial charge in [-0.3, -0.25) is 0 Å². The van der Waals surface area contributed by atoms with Crippen LogP contribution in [-0.2, 0) is 0 Å². The lowest BCUT2D eigenvalue weighted by Crippen LogP contribution is -2.24. The van der Waals surface area contributed by atoms with Crippen LogP contribution in [0.15, 0.2) is 42.5 Å². The Labute approximate surface area is 131 Å². The highest BCUT2D eigenvalue weighted by Crippen LogP contribution is 2.21. The van der Waals surface area contributed by atoms with Crippen molar-refractivity contribution in [1.29, 1.82) is 0 Å². The predicted octanol–water partition coefficient (Wildman–Crippen LogP) is 3.87. The third-order valence-corrected chi connectivity index (χ3v) is 3.49. The molecule has 118 valence electrons. The third-order valence-electron chi connectivity index (χ3n) is 3.49. The molecule has 0 aliphatic heterocycles. The molecule has 1 N–H and O–H groups in total. The SMILES string of the molecule is COc1ccc(C(C)NCCOc2cccc(C)c2)cc1F. The predicted molar refractivity (Wildman–Crippen MR) is 86.0 cm³/mol. The van der Waals surface area contributed by atoms with Gasteiger partial charge in [0, 0.05) is 12.6 Å². The monoisotopic (exact) mass is 303 g/mol. The quantitative estimate of drug-likeness (QED) is 0.788. The number of benzene rings is 2. The summed E-state index contributed by atoms with van der Waals surface area (Å²) in [5.74, 6) is 0.785. The number of aryl methyl sites for hydroxylation is 1. The van der Waals surface area contributed by atoms with Crippen LogP contribution in [0.2, 0.25) is 0 Å². The fraction of sp³-hybridized carbons (Fsp3) is 0.333. The number of hydrogen-bond acceptors (Lipinski definition) is 3. The summed E-state index contributed by atoms with van der Waals surface area (Å²) >= 11 is 0. The maximum atomic E-state index is 13.7. The smallest absolute Gasteiger partial charge is 0.165 e. The van der Waals surface area contributed by atoms with Gasteiger partial charge < -0.3 is 14.8 Å². The lowest BCUT2D eigenvalue weighted by Gasteiger charge is -2.15. The van der Waals surface area contributed by atoms with Gasteiger partial charge in [-0.15, -0.1) is 0 Å². The van der Waals surface area contributed by atoms with E-state index in [4.69, 9.17) is 9.47 Å². The van der Waals surface area contributed by atoms with E-state index >= 15 is 0 Å². The zero-order valence-electron chi connectivity index (χ0n) is 13.2. The summed E-state index contributed by atoms with van der Waals surface area (Å²) < 4.78 is 24.3. The summed E-state index contributed by atoms with van der Waals surface area (Å²) in [5.41, 5.74) is 2.06. The minimum atomic E-state index is -0.343. The van der Waals surface area contributed by atoms with Crippen molar-refractivity contribution in [3.63, 3.8) is 0 Å². The van der Waals surface area contributed by atoms with Crippen LogP contribution in [0.5, 0.6) is 11.5 Å². The van der Waals surface area contributed by atoms with Gasteiger partial charge >= 0.3 is 0 Å². The Morgan fingerprint density at radius 1 is 1.18 bits per heavy atom. The van der Waals surface area contributed by atoms with E-state index in [-0.39, 0.29) is 17.6 Å². The molecule has 0 spiro atoms. The molecule has 0 saturated heterocycles. The number of hydrogen-bond donors (Lipinski definition) is 1. The number of methoxy groups -OCH3 is 1. The zero-order valence-corrected chi connectivity index (χ0v) is 13.2. The Hall–Kier alpha value is -2.07. The Balaban J connectivity index is 1.80. The summed E-state index contributed by atoms with van der Waals surface area (Å²) in [4.78, 5) is 0. The van der Waals surface area contributed by atoms with Crippen LogP contribution in [0, 0.1) is 12.7 Å². The van der Waals surface area contributed by atoms with E-state index in [9.17, 15) is 4.39 Å². The number of halogens is 1. The van der Waals surface area contributed by atoms with Crippen LogP contribution >= 0.6 is 0 Å². The highest BCUT2D eigenvalue weighted by Gasteiger charge is 2.09. The molecule has 3 nitrogen and oxygen atoms in total.